The highest BCUT2D eigenvalue weighted by Gasteiger charge is 2.44. The Labute approximate surface area is 150 Å². The molecule has 8 heteroatoms. The minimum atomic E-state index is -0.473. The monoisotopic (exact) mass is 358 g/mol. The summed E-state index contributed by atoms with van der Waals surface area (Å²) in [5.74, 6) is -0.558. The van der Waals surface area contributed by atoms with E-state index in [4.69, 9.17) is 9.47 Å². The van der Waals surface area contributed by atoms with Gasteiger partial charge in [-0.2, -0.15) is 0 Å². The van der Waals surface area contributed by atoms with Gasteiger partial charge in [-0.15, -0.1) is 0 Å². The molecular formula is C18H19FN4O3. The zero-order valence-corrected chi connectivity index (χ0v) is 14.2. The smallest absolute Gasteiger partial charge is 0.272 e. The third-order valence-corrected chi connectivity index (χ3v) is 4.94. The lowest BCUT2D eigenvalue weighted by Crippen LogP contribution is -2.46. The molecule has 2 aliphatic heterocycles. The van der Waals surface area contributed by atoms with Crippen LogP contribution < -0.4 is 4.74 Å². The first-order valence-electron chi connectivity index (χ1n) is 8.62. The number of aromatic nitrogens is 3. The first-order valence-corrected chi connectivity index (χ1v) is 8.62. The number of rotatable bonds is 3. The lowest BCUT2D eigenvalue weighted by molar-refractivity contribution is -0.0397. The fourth-order valence-corrected chi connectivity index (χ4v) is 3.54. The molecule has 26 heavy (non-hydrogen) atoms. The van der Waals surface area contributed by atoms with Crippen molar-refractivity contribution in [1.29, 1.82) is 0 Å². The maximum atomic E-state index is 13.7. The van der Waals surface area contributed by atoms with Gasteiger partial charge in [-0.3, -0.25) is 4.79 Å². The van der Waals surface area contributed by atoms with Crippen molar-refractivity contribution in [2.45, 2.75) is 31.0 Å². The van der Waals surface area contributed by atoms with Crippen LogP contribution in [0.15, 0.2) is 36.9 Å². The van der Waals surface area contributed by atoms with Gasteiger partial charge in [-0.25, -0.2) is 19.3 Å². The van der Waals surface area contributed by atoms with E-state index in [9.17, 15) is 9.18 Å². The molecule has 0 unspecified atom stereocenters. The molecule has 0 aromatic carbocycles. The quantitative estimate of drug-likeness (QED) is 0.833. The molecule has 136 valence electrons. The van der Waals surface area contributed by atoms with Crippen LogP contribution in [0.1, 0.15) is 29.8 Å². The Balaban J connectivity index is 1.34. The Kier molecular flexibility index (Phi) is 4.50. The molecule has 4 heterocycles. The standard InChI is InChI=1S/C18H19FN4O3/c19-14-2-1-6-21-16(14)26-13-10-18(25-11-13)4-8-23(9-5-18)17(24)15-3-7-20-12-22-15/h1-3,6-7,12-13H,4-5,8-11H2/t13-/m1/s1. The van der Waals surface area contributed by atoms with Crippen LogP contribution in [-0.4, -0.2) is 57.2 Å². The van der Waals surface area contributed by atoms with E-state index in [0.717, 1.165) is 0 Å². The van der Waals surface area contributed by atoms with Crippen molar-refractivity contribution >= 4 is 5.91 Å². The predicted molar refractivity (Wildman–Crippen MR) is 89.1 cm³/mol. The van der Waals surface area contributed by atoms with Gasteiger partial charge in [0.15, 0.2) is 5.82 Å². The van der Waals surface area contributed by atoms with Crippen molar-refractivity contribution in [2.24, 2.45) is 0 Å². The Morgan fingerprint density at radius 3 is 2.85 bits per heavy atom. The van der Waals surface area contributed by atoms with Crippen LogP contribution in [0.25, 0.3) is 0 Å². The minimum Gasteiger partial charge on any atom is -0.470 e. The Morgan fingerprint density at radius 1 is 1.27 bits per heavy atom. The molecule has 0 saturated carbocycles. The van der Waals surface area contributed by atoms with Crippen LogP contribution in [0, 0.1) is 5.82 Å². The largest absolute Gasteiger partial charge is 0.470 e. The highest BCUT2D eigenvalue weighted by molar-refractivity contribution is 5.92. The summed E-state index contributed by atoms with van der Waals surface area (Å²) >= 11 is 0. The van der Waals surface area contributed by atoms with Crippen molar-refractivity contribution < 1.29 is 18.7 Å². The van der Waals surface area contributed by atoms with E-state index in [1.807, 2.05) is 0 Å². The summed E-state index contributed by atoms with van der Waals surface area (Å²) in [7, 11) is 0. The molecule has 7 nitrogen and oxygen atoms in total. The van der Waals surface area contributed by atoms with Crippen molar-refractivity contribution in [2.75, 3.05) is 19.7 Å². The Bertz CT molecular complexity index is 781. The molecule has 1 atom stereocenters. The molecule has 0 bridgehead atoms. The first kappa shape index (κ1) is 16.8. The number of hydrogen-bond acceptors (Lipinski definition) is 6. The van der Waals surface area contributed by atoms with Crippen molar-refractivity contribution in [3.63, 3.8) is 0 Å². The molecule has 1 amide bonds. The van der Waals surface area contributed by atoms with Gasteiger partial charge in [0.1, 0.15) is 18.1 Å². The van der Waals surface area contributed by atoms with E-state index in [1.165, 1.54) is 24.7 Å². The van der Waals surface area contributed by atoms with E-state index >= 15 is 0 Å². The van der Waals surface area contributed by atoms with Gasteiger partial charge in [0.05, 0.1) is 12.2 Å². The molecule has 2 aromatic heterocycles. The zero-order chi connectivity index (χ0) is 18.0. The van der Waals surface area contributed by atoms with E-state index in [0.29, 0.717) is 44.7 Å². The Hall–Kier alpha value is -2.61. The second-order valence-electron chi connectivity index (χ2n) is 6.62. The van der Waals surface area contributed by atoms with E-state index in [1.54, 1.807) is 17.2 Å². The number of carbonyl (C=O) groups excluding carboxylic acids is 1. The summed E-state index contributed by atoms with van der Waals surface area (Å²) in [6.07, 6.45) is 6.30. The summed E-state index contributed by atoms with van der Waals surface area (Å²) < 4.78 is 25.4. The van der Waals surface area contributed by atoms with Gasteiger partial charge < -0.3 is 14.4 Å². The molecule has 2 aromatic rings. The number of likely N-dealkylation sites (tertiary alicyclic amines) is 1. The number of halogens is 1. The second-order valence-corrected chi connectivity index (χ2v) is 6.62. The maximum absolute atomic E-state index is 13.7. The maximum Gasteiger partial charge on any atom is 0.272 e. The van der Waals surface area contributed by atoms with E-state index < -0.39 is 5.82 Å². The number of nitrogens with zero attached hydrogens (tertiary/aromatic N) is 4. The summed E-state index contributed by atoms with van der Waals surface area (Å²) in [6.45, 7) is 1.58. The fraction of sp³-hybridized carbons (Fsp3) is 0.444. The number of ether oxygens (including phenoxy) is 2. The number of carbonyl (C=O) groups is 1. The average molecular weight is 358 g/mol. The average Bonchev–Trinajstić information content (AvgIpc) is 3.06. The molecular weight excluding hydrogens is 339 g/mol. The van der Waals surface area contributed by atoms with Crippen LogP contribution in [-0.2, 0) is 4.74 Å². The molecule has 2 saturated heterocycles. The van der Waals surface area contributed by atoms with Gasteiger partial charge in [-0.05, 0) is 31.0 Å². The van der Waals surface area contributed by atoms with Gasteiger partial charge >= 0.3 is 0 Å². The summed E-state index contributed by atoms with van der Waals surface area (Å²) in [6, 6.07) is 4.47. The summed E-state index contributed by atoms with van der Waals surface area (Å²) in [4.78, 5) is 26.0. The van der Waals surface area contributed by atoms with Crippen LogP contribution in [0.4, 0.5) is 4.39 Å². The van der Waals surface area contributed by atoms with Crippen molar-refractivity contribution in [3.8, 4) is 5.88 Å². The van der Waals surface area contributed by atoms with E-state index in [-0.39, 0.29) is 23.5 Å². The van der Waals surface area contributed by atoms with Crippen LogP contribution in [0.3, 0.4) is 0 Å². The van der Waals surface area contributed by atoms with Gasteiger partial charge in [0, 0.05) is 31.9 Å². The van der Waals surface area contributed by atoms with Crippen molar-refractivity contribution in [1.82, 2.24) is 19.9 Å². The van der Waals surface area contributed by atoms with Crippen LogP contribution in [0.2, 0.25) is 0 Å². The third-order valence-electron chi connectivity index (χ3n) is 4.94. The minimum absolute atomic E-state index is 0.00882. The van der Waals surface area contributed by atoms with Gasteiger partial charge in [-0.1, -0.05) is 0 Å². The molecule has 2 fully saturated rings. The lowest BCUT2D eigenvalue weighted by atomic mass is 9.88. The highest BCUT2D eigenvalue weighted by Crippen LogP contribution is 2.37. The SMILES string of the molecule is O=C(c1ccncn1)N1CCC2(CC1)C[C@@H](Oc1ncccc1F)CO2. The number of amides is 1. The molecule has 1 spiro atoms. The molecule has 2 aliphatic rings. The van der Waals surface area contributed by atoms with Crippen molar-refractivity contribution in [3.05, 3.63) is 48.4 Å². The molecule has 4 rings (SSSR count). The Morgan fingerprint density at radius 2 is 2.12 bits per heavy atom. The van der Waals surface area contributed by atoms with Gasteiger partial charge in [0.25, 0.3) is 11.8 Å². The topological polar surface area (TPSA) is 77.4 Å². The first-order chi connectivity index (χ1) is 12.7. The van der Waals surface area contributed by atoms with Crippen LogP contribution in [0.5, 0.6) is 5.88 Å². The number of piperidine rings is 1. The van der Waals surface area contributed by atoms with Crippen LogP contribution >= 0.6 is 0 Å². The second kappa shape index (κ2) is 6.95. The fourth-order valence-electron chi connectivity index (χ4n) is 3.54. The summed E-state index contributed by atoms with van der Waals surface area (Å²) in [5.41, 5.74) is 0.0772. The van der Waals surface area contributed by atoms with E-state index in [2.05, 4.69) is 15.0 Å². The molecule has 0 aliphatic carbocycles. The predicted octanol–water partition coefficient (Wildman–Crippen LogP) is 1.85. The third kappa shape index (κ3) is 3.37. The number of pyridine rings is 1. The molecule has 0 radical (unpaired) electrons. The normalized spacial score (nSPS) is 21.7. The zero-order valence-electron chi connectivity index (χ0n) is 14.2. The lowest BCUT2D eigenvalue weighted by Gasteiger charge is -2.38. The molecule has 0 N–H and O–H groups in total. The summed E-state index contributed by atoms with van der Waals surface area (Å²) in [5, 5.41) is 0. The number of hydrogen-bond donors (Lipinski definition) is 0. The van der Waals surface area contributed by atoms with Gasteiger partial charge in [0.2, 0.25) is 0 Å². The highest BCUT2D eigenvalue weighted by atomic mass is 19.1.